The van der Waals surface area contributed by atoms with Crippen LogP contribution in [0, 0.1) is 17.2 Å². The zero-order valence-corrected chi connectivity index (χ0v) is 22.8. The van der Waals surface area contributed by atoms with Gasteiger partial charge < -0.3 is 25.6 Å². The van der Waals surface area contributed by atoms with Crippen molar-refractivity contribution in [3.05, 3.63) is 35.4 Å². The molecule has 3 heterocycles. The zero-order chi connectivity index (χ0) is 28.2. The molecule has 11 nitrogen and oxygen atoms in total. The van der Waals surface area contributed by atoms with Gasteiger partial charge in [-0.1, -0.05) is 12.1 Å². The number of piperazine rings is 1. The maximum absolute atomic E-state index is 13.7. The SMILES string of the molecule is C[C@@H](c1ccc(C(N)=O)cc1)N1C(=O)C2C[C@H]1CN2CC(NC(=O)OC(C)(C)C)C(=O)N1C(C#N)CC2CC21. The number of nitrogens with two attached hydrogens (primary N) is 1. The van der Waals surface area contributed by atoms with E-state index in [1.165, 1.54) is 0 Å². The molecule has 3 saturated heterocycles. The Morgan fingerprint density at radius 3 is 2.46 bits per heavy atom. The number of fused-ring (bicyclic) bond motifs is 3. The first kappa shape index (κ1) is 26.9. The average Bonchev–Trinajstić information content (AvgIpc) is 3.18. The standard InChI is InChI=1S/C28H36N6O5/c1-15(16-5-7-17(8-6-16)24(30)35)33-20-11-23(26(33)37)32(13-20)14-21(31-27(38)39-28(2,3)4)25(36)34-19(12-29)9-18-10-22(18)34/h5-8,15,18-23H,9-11,13-14H2,1-4H3,(H2,30,35)(H,31,38)/t15-,18?,19?,20-,21?,22?,23?/m0/s1. The Bertz CT molecular complexity index is 1220. The van der Waals surface area contributed by atoms with Crippen molar-refractivity contribution in [1.29, 1.82) is 5.26 Å². The summed E-state index contributed by atoms with van der Waals surface area (Å²) in [5.74, 6) is -0.485. The van der Waals surface area contributed by atoms with Crippen molar-refractivity contribution in [2.45, 2.75) is 88.8 Å². The summed E-state index contributed by atoms with van der Waals surface area (Å²) in [6, 6.07) is 7.15. The minimum absolute atomic E-state index is 0.0282. The van der Waals surface area contributed by atoms with E-state index in [4.69, 9.17) is 10.5 Å². The van der Waals surface area contributed by atoms with Gasteiger partial charge in [0.05, 0.1) is 18.2 Å². The van der Waals surface area contributed by atoms with E-state index in [1.807, 2.05) is 28.9 Å². The molecule has 7 atom stereocenters. The Morgan fingerprint density at radius 2 is 1.87 bits per heavy atom. The molecule has 4 fully saturated rings. The van der Waals surface area contributed by atoms with Crippen molar-refractivity contribution in [3.63, 3.8) is 0 Å². The number of likely N-dealkylation sites (tertiary alicyclic amines) is 3. The molecular weight excluding hydrogens is 500 g/mol. The normalized spacial score (nSPS) is 29.0. The van der Waals surface area contributed by atoms with Gasteiger partial charge in [0.1, 0.15) is 17.7 Å². The highest BCUT2D eigenvalue weighted by Crippen LogP contribution is 2.48. The van der Waals surface area contributed by atoms with Gasteiger partial charge in [0.2, 0.25) is 17.7 Å². The second-order valence-electron chi connectivity index (χ2n) is 12.2. The molecule has 208 valence electrons. The highest BCUT2D eigenvalue weighted by Gasteiger charge is 2.56. The third kappa shape index (κ3) is 5.17. The Morgan fingerprint density at radius 1 is 1.18 bits per heavy atom. The van der Waals surface area contributed by atoms with Gasteiger partial charge in [0.25, 0.3) is 0 Å². The predicted molar refractivity (Wildman–Crippen MR) is 140 cm³/mol. The minimum atomic E-state index is -0.936. The molecule has 4 aliphatic rings. The number of rotatable bonds is 7. The fraction of sp³-hybridized carbons (Fsp3) is 0.607. The van der Waals surface area contributed by atoms with Gasteiger partial charge in [-0.2, -0.15) is 5.26 Å². The number of hydrogen-bond acceptors (Lipinski definition) is 7. The van der Waals surface area contributed by atoms with Crippen LogP contribution < -0.4 is 11.1 Å². The van der Waals surface area contributed by atoms with Gasteiger partial charge in [-0.25, -0.2) is 4.79 Å². The summed E-state index contributed by atoms with van der Waals surface area (Å²) in [5, 5.41) is 12.4. The lowest BCUT2D eigenvalue weighted by Gasteiger charge is -2.39. The van der Waals surface area contributed by atoms with Crippen LogP contribution >= 0.6 is 0 Å². The fourth-order valence-electron chi connectivity index (χ4n) is 6.42. The summed E-state index contributed by atoms with van der Waals surface area (Å²) in [7, 11) is 0. The molecule has 5 unspecified atom stereocenters. The quantitative estimate of drug-likeness (QED) is 0.537. The highest BCUT2D eigenvalue weighted by atomic mass is 16.6. The van der Waals surface area contributed by atoms with Gasteiger partial charge in [0.15, 0.2) is 0 Å². The average molecular weight is 537 g/mol. The van der Waals surface area contributed by atoms with Crippen LogP contribution in [-0.4, -0.2) is 87.4 Å². The topological polar surface area (TPSA) is 149 Å². The lowest BCUT2D eigenvalue weighted by molar-refractivity contribution is -0.141. The molecule has 0 aromatic heterocycles. The van der Waals surface area contributed by atoms with Crippen molar-refractivity contribution in [3.8, 4) is 6.07 Å². The number of ether oxygens (including phenoxy) is 1. The second kappa shape index (κ2) is 9.83. The first-order chi connectivity index (χ1) is 18.4. The molecule has 2 bridgehead atoms. The van der Waals surface area contributed by atoms with Crippen molar-refractivity contribution in [2.24, 2.45) is 11.7 Å². The number of hydrogen-bond donors (Lipinski definition) is 2. The van der Waals surface area contributed by atoms with Gasteiger partial charge in [0, 0.05) is 30.7 Å². The Kier molecular flexibility index (Phi) is 6.79. The van der Waals surface area contributed by atoms with Crippen LogP contribution in [0.2, 0.25) is 0 Å². The summed E-state index contributed by atoms with van der Waals surface area (Å²) in [6.45, 7) is 7.93. The molecule has 5 rings (SSSR count). The number of nitrogens with one attached hydrogen (secondary N) is 1. The van der Waals surface area contributed by atoms with E-state index in [0.29, 0.717) is 30.9 Å². The van der Waals surface area contributed by atoms with Crippen molar-refractivity contribution < 1.29 is 23.9 Å². The summed E-state index contributed by atoms with van der Waals surface area (Å²) < 4.78 is 5.43. The largest absolute Gasteiger partial charge is 0.444 e. The van der Waals surface area contributed by atoms with E-state index in [-0.39, 0.29) is 36.5 Å². The number of benzene rings is 1. The summed E-state index contributed by atoms with van der Waals surface area (Å²) in [6.07, 6.45) is 1.46. The third-order valence-corrected chi connectivity index (χ3v) is 8.32. The van der Waals surface area contributed by atoms with E-state index in [9.17, 15) is 24.4 Å². The lowest BCUT2D eigenvalue weighted by atomic mass is 10.0. The molecule has 39 heavy (non-hydrogen) atoms. The number of nitriles is 1. The molecular formula is C28H36N6O5. The van der Waals surface area contributed by atoms with Crippen molar-refractivity contribution in [2.75, 3.05) is 13.1 Å². The van der Waals surface area contributed by atoms with Crippen LogP contribution in [0.25, 0.3) is 0 Å². The second-order valence-corrected chi connectivity index (χ2v) is 12.2. The summed E-state index contributed by atoms with van der Waals surface area (Å²) in [5.41, 5.74) is 5.93. The first-order valence-corrected chi connectivity index (χ1v) is 13.5. The van der Waals surface area contributed by atoms with Crippen LogP contribution in [0.1, 0.15) is 68.9 Å². The number of carbonyl (C=O) groups excluding carboxylic acids is 4. The van der Waals surface area contributed by atoms with Crippen LogP contribution in [0.4, 0.5) is 4.79 Å². The smallest absolute Gasteiger partial charge is 0.408 e. The maximum Gasteiger partial charge on any atom is 0.408 e. The highest BCUT2D eigenvalue weighted by molar-refractivity contribution is 5.93. The number of amides is 4. The summed E-state index contributed by atoms with van der Waals surface area (Å²) in [4.78, 5) is 56.8. The molecule has 3 aliphatic heterocycles. The van der Waals surface area contributed by atoms with Crippen LogP contribution in [-0.2, 0) is 14.3 Å². The molecule has 4 amide bonds. The number of primary amides is 1. The number of nitrogens with zero attached hydrogens (tertiary/aromatic N) is 4. The summed E-state index contributed by atoms with van der Waals surface area (Å²) >= 11 is 0. The van der Waals surface area contributed by atoms with E-state index in [1.54, 1.807) is 37.8 Å². The van der Waals surface area contributed by atoms with E-state index < -0.39 is 35.7 Å². The number of piperidine rings is 1. The molecule has 1 saturated carbocycles. The van der Waals surface area contributed by atoms with Crippen molar-refractivity contribution >= 4 is 23.8 Å². The van der Waals surface area contributed by atoms with E-state index in [2.05, 4.69) is 11.4 Å². The van der Waals surface area contributed by atoms with Crippen molar-refractivity contribution in [1.82, 2.24) is 20.0 Å². The predicted octanol–water partition coefficient (Wildman–Crippen LogP) is 1.54. The monoisotopic (exact) mass is 536 g/mol. The fourth-order valence-corrected chi connectivity index (χ4v) is 6.42. The van der Waals surface area contributed by atoms with Gasteiger partial charge in [-0.15, -0.1) is 0 Å². The van der Waals surface area contributed by atoms with E-state index in [0.717, 1.165) is 12.0 Å². The van der Waals surface area contributed by atoms with Crippen LogP contribution in [0.5, 0.6) is 0 Å². The molecule has 1 aromatic carbocycles. The van der Waals surface area contributed by atoms with E-state index >= 15 is 0 Å². The molecule has 1 aromatic rings. The Balaban J connectivity index is 1.30. The van der Waals surface area contributed by atoms with Gasteiger partial charge >= 0.3 is 6.09 Å². The molecule has 0 spiro atoms. The third-order valence-electron chi connectivity index (χ3n) is 8.32. The van der Waals surface area contributed by atoms with Gasteiger partial charge in [-0.05, 0) is 70.6 Å². The van der Waals surface area contributed by atoms with Crippen LogP contribution in [0.15, 0.2) is 24.3 Å². The molecule has 0 radical (unpaired) electrons. The first-order valence-electron chi connectivity index (χ1n) is 13.5. The maximum atomic E-state index is 13.7. The zero-order valence-electron chi connectivity index (χ0n) is 22.8. The molecule has 3 N–H and O–H groups in total. The van der Waals surface area contributed by atoms with Gasteiger partial charge in [-0.3, -0.25) is 19.3 Å². The lowest BCUT2D eigenvalue weighted by Crippen LogP contribution is -2.59. The minimum Gasteiger partial charge on any atom is -0.444 e. The van der Waals surface area contributed by atoms with Crippen LogP contribution in [0.3, 0.4) is 0 Å². The molecule has 11 heteroatoms. The molecule has 1 aliphatic carbocycles. The number of alkyl carbamates (subject to hydrolysis) is 1. The Hall–Kier alpha value is -3.65. The number of carbonyl (C=O) groups is 4. The Labute approximate surface area is 228 Å².